The summed E-state index contributed by atoms with van der Waals surface area (Å²) in [4.78, 5) is 12.0. The molecular weight excluding hydrogens is 285 g/mol. The summed E-state index contributed by atoms with van der Waals surface area (Å²) in [5, 5.41) is 12.4. The summed E-state index contributed by atoms with van der Waals surface area (Å²) in [7, 11) is 0. The maximum Gasteiger partial charge on any atom is 0.223 e. The van der Waals surface area contributed by atoms with Crippen molar-refractivity contribution in [1.82, 2.24) is 5.32 Å². The Labute approximate surface area is 130 Å². The number of para-hydroxylation sites is 1. The summed E-state index contributed by atoms with van der Waals surface area (Å²) in [6, 6.07) is 6.19. The van der Waals surface area contributed by atoms with Crippen molar-refractivity contribution in [2.24, 2.45) is 5.92 Å². The van der Waals surface area contributed by atoms with Crippen molar-refractivity contribution < 1.29 is 19.0 Å². The zero-order valence-electron chi connectivity index (χ0n) is 12.8. The zero-order valence-corrected chi connectivity index (χ0v) is 12.8. The molecule has 0 spiro atoms. The van der Waals surface area contributed by atoms with Crippen molar-refractivity contribution in [1.29, 1.82) is 0 Å². The fraction of sp³-hybridized carbons (Fsp3) is 0.588. The second kappa shape index (κ2) is 8.73. The summed E-state index contributed by atoms with van der Waals surface area (Å²) >= 11 is 0. The topological polar surface area (TPSA) is 58.6 Å². The van der Waals surface area contributed by atoms with Crippen LogP contribution in [0.1, 0.15) is 38.5 Å². The first-order valence-electron chi connectivity index (χ1n) is 7.98. The van der Waals surface area contributed by atoms with Gasteiger partial charge in [-0.15, -0.1) is 0 Å². The van der Waals surface area contributed by atoms with Crippen molar-refractivity contribution in [3.8, 4) is 5.75 Å². The first-order chi connectivity index (χ1) is 10.7. The van der Waals surface area contributed by atoms with Gasteiger partial charge in [-0.25, -0.2) is 4.39 Å². The Bertz CT molecular complexity index is 481. The van der Waals surface area contributed by atoms with Crippen LogP contribution in [0.4, 0.5) is 4.39 Å². The summed E-state index contributed by atoms with van der Waals surface area (Å²) < 4.78 is 18.7. The molecule has 1 aliphatic carbocycles. The summed E-state index contributed by atoms with van der Waals surface area (Å²) in [6.07, 6.45) is 5.38. The zero-order chi connectivity index (χ0) is 15.8. The van der Waals surface area contributed by atoms with E-state index in [1.54, 1.807) is 18.2 Å². The lowest BCUT2D eigenvalue weighted by Crippen LogP contribution is -2.41. The maximum atomic E-state index is 13.4. The molecule has 0 heterocycles. The molecular formula is C17H24FNO3. The Morgan fingerprint density at radius 2 is 2.05 bits per heavy atom. The molecule has 1 fully saturated rings. The van der Waals surface area contributed by atoms with E-state index in [4.69, 9.17) is 4.74 Å². The number of amides is 1. The predicted molar refractivity (Wildman–Crippen MR) is 82.1 cm³/mol. The molecule has 2 atom stereocenters. The smallest absolute Gasteiger partial charge is 0.223 e. The van der Waals surface area contributed by atoms with Crippen LogP contribution in [0.25, 0.3) is 0 Å². The Morgan fingerprint density at radius 3 is 2.82 bits per heavy atom. The molecule has 1 aliphatic rings. The van der Waals surface area contributed by atoms with Gasteiger partial charge in [0.05, 0.1) is 13.0 Å². The van der Waals surface area contributed by atoms with Crippen LogP contribution in [0.5, 0.6) is 5.75 Å². The van der Waals surface area contributed by atoms with Gasteiger partial charge in [0.15, 0.2) is 11.6 Å². The van der Waals surface area contributed by atoms with Gasteiger partial charge in [0.2, 0.25) is 5.91 Å². The quantitative estimate of drug-likeness (QED) is 0.794. The van der Waals surface area contributed by atoms with E-state index >= 15 is 0 Å². The minimum Gasteiger partial charge on any atom is -0.490 e. The van der Waals surface area contributed by atoms with E-state index in [-0.39, 0.29) is 43.3 Å². The average molecular weight is 309 g/mol. The third kappa shape index (κ3) is 4.98. The molecule has 0 aromatic heterocycles. The number of aliphatic hydroxyl groups excluding tert-OH is 1. The lowest BCUT2D eigenvalue weighted by atomic mass is 9.95. The molecule has 2 N–H and O–H groups in total. The standard InChI is InChI=1S/C17H24FNO3/c18-14-7-4-5-9-16(14)22-11-10-17(21)19-15-8-3-1-2-6-13(15)12-20/h4-5,7,9,13,15,20H,1-3,6,8,10-12H2,(H,19,21). The number of nitrogens with one attached hydrogen (secondary N) is 1. The Hall–Kier alpha value is -1.62. The summed E-state index contributed by atoms with van der Waals surface area (Å²) in [6.45, 7) is 0.250. The SMILES string of the molecule is O=C(CCOc1ccccc1F)NC1CCCCCC1CO. The largest absolute Gasteiger partial charge is 0.490 e. The first-order valence-corrected chi connectivity index (χ1v) is 7.98. The van der Waals surface area contributed by atoms with E-state index in [1.165, 1.54) is 6.07 Å². The highest BCUT2D eigenvalue weighted by Crippen LogP contribution is 2.23. The maximum absolute atomic E-state index is 13.4. The molecule has 0 radical (unpaired) electrons. The third-order valence-electron chi connectivity index (χ3n) is 4.16. The van der Waals surface area contributed by atoms with Gasteiger partial charge in [-0.3, -0.25) is 4.79 Å². The Kier molecular flexibility index (Phi) is 6.65. The number of benzene rings is 1. The summed E-state index contributed by atoms with van der Waals surface area (Å²) in [5.41, 5.74) is 0. The highest BCUT2D eigenvalue weighted by atomic mass is 19.1. The predicted octanol–water partition coefficient (Wildman–Crippen LogP) is 2.65. The van der Waals surface area contributed by atoms with Crippen molar-refractivity contribution in [2.75, 3.05) is 13.2 Å². The van der Waals surface area contributed by atoms with Gasteiger partial charge in [0.25, 0.3) is 0 Å². The molecule has 5 heteroatoms. The van der Waals surface area contributed by atoms with E-state index in [1.807, 2.05) is 0 Å². The molecule has 1 aromatic carbocycles. The number of rotatable bonds is 6. The van der Waals surface area contributed by atoms with Crippen molar-refractivity contribution >= 4 is 5.91 Å². The number of aliphatic hydroxyl groups is 1. The fourth-order valence-electron chi connectivity index (χ4n) is 2.89. The van der Waals surface area contributed by atoms with E-state index in [2.05, 4.69) is 5.32 Å². The second-order valence-corrected chi connectivity index (χ2v) is 5.78. The number of halogens is 1. The van der Waals surface area contributed by atoms with Crippen LogP contribution in [-0.2, 0) is 4.79 Å². The molecule has 0 bridgehead atoms. The number of ether oxygens (including phenoxy) is 1. The Morgan fingerprint density at radius 1 is 1.27 bits per heavy atom. The number of carbonyl (C=O) groups is 1. The van der Waals surface area contributed by atoms with E-state index in [0.29, 0.717) is 0 Å². The Balaban J connectivity index is 1.76. The molecule has 0 saturated heterocycles. The molecule has 22 heavy (non-hydrogen) atoms. The van der Waals surface area contributed by atoms with Gasteiger partial charge in [0.1, 0.15) is 0 Å². The van der Waals surface area contributed by atoms with Crippen LogP contribution in [0.3, 0.4) is 0 Å². The third-order valence-corrected chi connectivity index (χ3v) is 4.16. The van der Waals surface area contributed by atoms with E-state index in [0.717, 1.165) is 32.1 Å². The van der Waals surface area contributed by atoms with Crippen LogP contribution in [0.2, 0.25) is 0 Å². The van der Waals surface area contributed by atoms with Gasteiger partial charge >= 0.3 is 0 Å². The molecule has 0 aliphatic heterocycles. The molecule has 2 rings (SSSR count). The molecule has 1 aromatic rings. The van der Waals surface area contributed by atoms with Crippen LogP contribution < -0.4 is 10.1 Å². The van der Waals surface area contributed by atoms with Crippen LogP contribution in [-0.4, -0.2) is 30.3 Å². The van der Waals surface area contributed by atoms with E-state index in [9.17, 15) is 14.3 Å². The molecule has 2 unspecified atom stereocenters. The number of carbonyl (C=O) groups excluding carboxylic acids is 1. The highest BCUT2D eigenvalue weighted by Gasteiger charge is 2.24. The lowest BCUT2D eigenvalue weighted by molar-refractivity contribution is -0.122. The van der Waals surface area contributed by atoms with Crippen molar-refractivity contribution in [2.45, 2.75) is 44.6 Å². The monoisotopic (exact) mass is 309 g/mol. The van der Waals surface area contributed by atoms with E-state index < -0.39 is 5.82 Å². The van der Waals surface area contributed by atoms with Gasteiger partial charge in [0, 0.05) is 18.6 Å². The highest BCUT2D eigenvalue weighted by molar-refractivity contribution is 5.76. The van der Waals surface area contributed by atoms with Crippen LogP contribution >= 0.6 is 0 Å². The van der Waals surface area contributed by atoms with Crippen molar-refractivity contribution in [3.05, 3.63) is 30.1 Å². The molecule has 1 amide bonds. The first kappa shape index (κ1) is 16.7. The van der Waals surface area contributed by atoms with Crippen LogP contribution in [0.15, 0.2) is 24.3 Å². The molecule has 122 valence electrons. The fourth-order valence-corrected chi connectivity index (χ4v) is 2.89. The summed E-state index contributed by atoms with van der Waals surface area (Å²) in [5.74, 6) is -0.231. The number of hydrogen-bond donors (Lipinski definition) is 2. The minimum absolute atomic E-state index is 0.0356. The number of hydrogen-bond acceptors (Lipinski definition) is 3. The van der Waals surface area contributed by atoms with Gasteiger partial charge in [-0.05, 0) is 25.0 Å². The van der Waals surface area contributed by atoms with Gasteiger partial charge in [-0.1, -0.05) is 31.4 Å². The lowest BCUT2D eigenvalue weighted by Gasteiger charge is -2.24. The molecule has 1 saturated carbocycles. The second-order valence-electron chi connectivity index (χ2n) is 5.78. The van der Waals surface area contributed by atoms with Gasteiger partial charge < -0.3 is 15.2 Å². The van der Waals surface area contributed by atoms with Crippen molar-refractivity contribution in [3.63, 3.8) is 0 Å². The van der Waals surface area contributed by atoms with Crippen LogP contribution in [0, 0.1) is 11.7 Å². The average Bonchev–Trinajstić information content (AvgIpc) is 2.74. The normalized spacial score (nSPS) is 21.9. The van der Waals surface area contributed by atoms with Gasteiger partial charge in [-0.2, -0.15) is 0 Å². The minimum atomic E-state index is -0.424. The molecule has 4 nitrogen and oxygen atoms in total.